The molecule has 0 saturated carbocycles. The number of hydrogen-bond acceptors (Lipinski definition) is 3. The van der Waals surface area contributed by atoms with Crippen LogP contribution < -0.4 is 10.2 Å². The highest BCUT2D eigenvalue weighted by Crippen LogP contribution is 2.38. The monoisotopic (exact) mass is 382 g/mol. The molecule has 0 aliphatic carbocycles. The average Bonchev–Trinajstić information content (AvgIpc) is 3.24. The molecule has 4 rings (SSSR count). The minimum Gasteiger partial charge on any atom is -0.343 e. The Hall–Kier alpha value is -1.46. The fourth-order valence-corrected chi connectivity index (χ4v) is 3.58. The summed E-state index contributed by atoms with van der Waals surface area (Å²) in [5, 5.41) is 3.76. The molecule has 7 heteroatoms. The summed E-state index contributed by atoms with van der Waals surface area (Å²) in [6.45, 7) is 0.849. The number of carbonyl (C=O) groups is 1. The summed E-state index contributed by atoms with van der Waals surface area (Å²) in [4.78, 5) is 14.5. The standard InChI is InChI=1S/C17H13Cl3N2O2/c18-10-7-12(20)13(8-11(10)19)21-16(23)15-17(24-15)22-6-5-9-3-1-2-4-14(9)22/h1-4,7-8,15,17H,5-6H2,(H,21,23). The lowest BCUT2D eigenvalue weighted by Gasteiger charge is -2.16. The lowest BCUT2D eigenvalue weighted by Crippen LogP contribution is -2.30. The van der Waals surface area contributed by atoms with Crippen molar-refractivity contribution in [2.45, 2.75) is 18.8 Å². The van der Waals surface area contributed by atoms with Crippen LogP contribution in [0.5, 0.6) is 0 Å². The summed E-state index contributed by atoms with van der Waals surface area (Å²) in [7, 11) is 0. The number of amides is 1. The van der Waals surface area contributed by atoms with E-state index in [9.17, 15) is 4.79 Å². The summed E-state index contributed by atoms with van der Waals surface area (Å²) in [6.07, 6.45) is 0.195. The molecule has 1 saturated heterocycles. The van der Waals surface area contributed by atoms with E-state index in [1.54, 1.807) is 0 Å². The van der Waals surface area contributed by atoms with Crippen LogP contribution >= 0.6 is 34.8 Å². The highest BCUT2D eigenvalue weighted by Gasteiger charge is 2.50. The number of hydrogen-bond donors (Lipinski definition) is 1. The van der Waals surface area contributed by atoms with Crippen LogP contribution in [0.25, 0.3) is 0 Å². The normalized spacial score (nSPS) is 21.5. The summed E-state index contributed by atoms with van der Waals surface area (Å²) < 4.78 is 5.60. The molecule has 2 aliphatic rings. The molecule has 0 spiro atoms. The summed E-state index contributed by atoms with van der Waals surface area (Å²) in [6, 6.07) is 11.2. The van der Waals surface area contributed by atoms with Crippen LogP contribution in [0.4, 0.5) is 11.4 Å². The smallest absolute Gasteiger partial charge is 0.258 e. The third-order valence-corrected chi connectivity index (χ3v) is 5.26. The van der Waals surface area contributed by atoms with Crippen LogP contribution in [0.15, 0.2) is 36.4 Å². The van der Waals surface area contributed by atoms with Crippen molar-refractivity contribution in [1.82, 2.24) is 0 Å². The fourth-order valence-electron chi connectivity index (χ4n) is 2.98. The quantitative estimate of drug-likeness (QED) is 0.632. The molecular weight excluding hydrogens is 371 g/mol. The molecule has 2 aliphatic heterocycles. The van der Waals surface area contributed by atoms with Gasteiger partial charge in [0.1, 0.15) is 0 Å². The first-order valence-electron chi connectivity index (χ1n) is 7.50. The second-order valence-corrected chi connectivity index (χ2v) is 6.98. The van der Waals surface area contributed by atoms with Crippen LogP contribution in [0.1, 0.15) is 5.56 Å². The van der Waals surface area contributed by atoms with Crippen LogP contribution in [-0.2, 0) is 16.0 Å². The highest BCUT2D eigenvalue weighted by atomic mass is 35.5. The van der Waals surface area contributed by atoms with E-state index in [1.807, 2.05) is 12.1 Å². The third kappa shape index (κ3) is 2.84. The summed E-state index contributed by atoms with van der Waals surface area (Å²) in [5.41, 5.74) is 2.83. The molecule has 2 atom stereocenters. The predicted octanol–water partition coefficient (Wildman–Crippen LogP) is 4.37. The van der Waals surface area contributed by atoms with Gasteiger partial charge in [-0.2, -0.15) is 0 Å². The number of epoxide rings is 1. The number of rotatable bonds is 3. The molecule has 1 fully saturated rings. The molecule has 2 unspecified atom stereocenters. The molecule has 2 heterocycles. The molecule has 124 valence electrons. The predicted molar refractivity (Wildman–Crippen MR) is 96.3 cm³/mol. The van der Waals surface area contributed by atoms with Crippen LogP contribution in [0, 0.1) is 0 Å². The van der Waals surface area contributed by atoms with E-state index >= 15 is 0 Å². The van der Waals surface area contributed by atoms with Gasteiger partial charge in [-0.05, 0) is 30.2 Å². The van der Waals surface area contributed by atoms with E-state index in [0.717, 1.165) is 18.7 Å². The van der Waals surface area contributed by atoms with E-state index in [-0.39, 0.29) is 12.1 Å². The molecule has 24 heavy (non-hydrogen) atoms. The van der Waals surface area contributed by atoms with E-state index in [4.69, 9.17) is 39.5 Å². The zero-order valence-corrected chi connectivity index (χ0v) is 14.7. The van der Waals surface area contributed by atoms with E-state index in [0.29, 0.717) is 20.8 Å². The first-order chi connectivity index (χ1) is 11.5. The van der Waals surface area contributed by atoms with E-state index < -0.39 is 6.10 Å². The summed E-state index contributed by atoms with van der Waals surface area (Å²) in [5.74, 6) is -0.246. The Labute approximate surface area is 154 Å². The number of benzene rings is 2. The number of nitrogens with one attached hydrogen (secondary N) is 1. The topological polar surface area (TPSA) is 44.9 Å². The molecule has 4 nitrogen and oxygen atoms in total. The molecule has 0 radical (unpaired) electrons. The number of carbonyl (C=O) groups excluding carboxylic acids is 1. The molecule has 2 aromatic carbocycles. The molecule has 0 bridgehead atoms. The highest BCUT2D eigenvalue weighted by molar-refractivity contribution is 6.44. The SMILES string of the molecule is O=C(Nc1cc(Cl)c(Cl)cc1Cl)C1OC1N1CCc2ccccc21. The van der Waals surface area contributed by atoms with Gasteiger partial charge in [0.15, 0.2) is 12.3 Å². The zero-order valence-electron chi connectivity index (χ0n) is 12.4. The Bertz CT molecular complexity index is 827. The molecule has 1 amide bonds. The number of para-hydroxylation sites is 1. The van der Waals surface area contributed by atoms with Gasteiger partial charge in [0.05, 0.1) is 20.8 Å². The molecule has 2 aromatic rings. The van der Waals surface area contributed by atoms with Crippen molar-refractivity contribution in [2.75, 3.05) is 16.8 Å². The Balaban J connectivity index is 1.46. The van der Waals surface area contributed by atoms with Gasteiger partial charge in [0, 0.05) is 12.2 Å². The average molecular weight is 384 g/mol. The molecular formula is C17H13Cl3N2O2. The Morgan fingerprint density at radius 3 is 2.71 bits per heavy atom. The van der Waals surface area contributed by atoms with E-state index in [2.05, 4.69) is 22.3 Å². The van der Waals surface area contributed by atoms with Gasteiger partial charge in [-0.3, -0.25) is 4.79 Å². The lowest BCUT2D eigenvalue weighted by atomic mass is 10.2. The largest absolute Gasteiger partial charge is 0.343 e. The van der Waals surface area contributed by atoms with Crippen molar-refractivity contribution >= 4 is 52.1 Å². The van der Waals surface area contributed by atoms with Gasteiger partial charge < -0.3 is 15.0 Å². The molecule has 0 aromatic heterocycles. The van der Waals surface area contributed by atoms with Crippen molar-refractivity contribution < 1.29 is 9.53 Å². The van der Waals surface area contributed by atoms with Crippen LogP contribution in [-0.4, -0.2) is 24.8 Å². The Morgan fingerprint density at radius 2 is 1.88 bits per heavy atom. The van der Waals surface area contributed by atoms with Crippen molar-refractivity contribution in [1.29, 1.82) is 0 Å². The van der Waals surface area contributed by atoms with E-state index in [1.165, 1.54) is 17.7 Å². The minimum absolute atomic E-state index is 0.241. The van der Waals surface area contributed by atoms with Crippen molar-refractivity contribution in [3.63, 3.8) is 0 Å². The number of nitrogens with zero attached hydrogens (tertiary/aromatic N) is 1. The third-order valence-electron chi connectivity index (χ3n) is 4.22. The van der Waals surface area contributed by atoms with Gasteiger partial charge in [0.25, 0.3) is 5.91 Å². The van der Waals surface area contributed by atoms with Gasteiger partial charge in [-0.25, -0.2) is 0 Å². The van der Waals surface area contributed by atoms with Gasteiger partial charge in [-0.15, -0.1) is 0 Å². The maximum absolute atomic E-state index is 12.4. The molecule has 1 N–H and O–H groups in total. The number of fused-ring (bicyclic) bond motifs is 1. The maximum Gasteiger partial charge on any atom is 0.258 e. The second-order valence-electron chi connectivity index (χ2n) is 5.75. The van der Waals surface area contributed by atoms with Crippen LogP contribution in [0.2, 0.25) is 15.1 Å². The summed E-state index contributed by atoms with van der Waals surface area (Å²) >= 11 is 18.0. The fraction of sp³-hybridized carbons (Fsp3) is 0.235. The minimum atomic E-state index is -0.526. The second kappa shape index (κ2) is 6.12. The Morgan fingerprint density at radius 1 is 1.12 bits per heavy atom. The van der Waals surface area contributed by atoms with Gasteiger partial charge in [0.2, 0.25) is 0 Å². The van der Waals surface area contributed by atoms with Crippen LogP contribution in [0.3, 0.4) is 0 Å². The van der Waals surface area contributed by atoms with Gasteiger partial charge >= 0.3 is 0 Å². The number of halogens is 3. The number of anilines is 2. The Kier molecular flexibility index (Phi) is 4.09. The van der Waals surface area contributed by atoms with Gasteiger partial charge in [-0.1, -0.05) is 53.0 Å². The number of ether oxygens (including phenoxy) is 1. The van der Waals surface area contributed by atoms with Crippen molar-refractivity contribution in [2.24, 2.45) is 0 Å². The van der Waals surface area contributed by atoms with Crippen molar-refractivity contribution in [3.05, 3.63) is 57.0 Å². The maximum atomic E-state index is 12.4. The zero-order chi connectivity index (χ0) is 16.8. The first-order valence-corrected chi connectivity index (χ1v) is 8.63. The first kappa shape index (κ1) is 16.0. The lowest BCUT2D eigenvalue weighted by molar-refractivity contribution is -0.117. The van der Waals surface area contributed by atoms with Crippen molar-refractivity contribution in [3.8, 4) is 0 Å².